The molecular weight excluding hydrogens is 420 g/mol. The van der Waals surface area contributed by atoms with E-state index in [9.17, 15) is 20.2 Å². The maximum absolute atomic E-state index is 10.8. The zero-order valence-electron chi connectivity index (χ0n) is 15.9. The van der Waals surface area contributed by atoms with E-state index >= 15 is 0 Å². The first-order valence-electron chi connectivity index (χ1n) is 8.88. The molecular formula is C20H16N6O4S. The number of nitrogens with one attached hydrogen (secondary N) is 3. The number of rotatable bonds is 5. The number of anilines is 1. The minimum absolute atomic E-state index is 0.0239. The van der Waals surface area contributed by atoms with Crippen molar-refractivity contribution in [3.63, 3.8) is 0 Å². The summed E-state index contributed by atoms with van der Waals surface area (Å²) in [6.07, 6.45) is 0. The van der Waals surface area contributed by atoms with Crippen molar-refractivity contribution >= 4 is 45.9 Å². The van der Waals surface area contributed by atoms with E-state index in [2.05, 4.69) is 21.2 Å². The summed E-state index contributed by atoms with van der Waals surface area (Å²) in [5.74, 6) is 0.433. The van der Waals surface area contributed by atoms with E-state index in [4.69, 9.17) is 12.2 Å². The molecule has 156 valence electrons. The minimum Gasteiger partial charge on any atom is -0.331 e. The van der Waals surface area contributed by atoms with Gasteiger partial charge in [-0.25, -0.2) is 4.99 Å². The van der Waals surface area contributed by atoms with Crippen molar-refractivity contribution < 1.29 is 9.85 Å². The lowest BCUT2D eigenvalue weighted by atomic mass is 10.2. The average Bonchev–Trinajstić information content (AvgIpc) is 2.78. The average molecular weight is 436 g/mol. The molecule has 0 unspecified atom stereocenters. The van der Waals surface area contributed by atoms with E-state index in [0.29, 0.717) is 17.2 Å². The fourth-order valence-electron chi connectivity index (χ4n) is 2.48. The van der Waals surface area contributed by atoms with Crippen molar-refractivity contribution in [1.29, 1.82) is 0 Å². The summed E-state index contributed by atoms with van der Waals surface area (Å²) < 4.78 is 0. The number of hydrogen-bond donors (Lipinski definition) is 3. The van der Waals surface area contributed by atoms with Crippen molar-refractivity contribution in [2.24, 2.45) is 4.99 Å². The van der Waals surface area contributed by atoms with Crippen LogP contribution in [0.25, 0.3) is 0 Å². The van der Waals surface area contributed by atoms with Gasteiger partial charge in [-0.3, -0.25) is 31.1 Å². The molecule has 10 nitrogen and oxygen atoms in total. The first-order valence-corrected chi connectivity index (χ1v) is 9.29. The molecule has 31 heavy (non-hydrogen) atoms. The summed E-state index contributed by atoms with van der Waals surface area (Å²) in [5, 5.41) is 24.7. The molecule has 0 bridgehead atoms. The zero-order chi connectivity index (χ0) is 22.2. The molecule has 0 heterocycles. The van der Waals surface area contributed by atoms with Gasteiger partial charge in [-0.1, -0.05) is 30.3 Å². The van der Waals surface area contributed by atoms with Crippen molar-refractivity contribution in [1.82, 2.24) is 10.9 Å². The highest BCUT2D eigenvalue weighted by molar-refractivity contribution is 7.80. The Labute approximate surface area is 181 Å². The molecule has 3 aromatic rings. The number of aliphatic imine (C=N–C) groups is 1. The van der Waals surface area contributed by atoms with Gasteiger partial charge >= 0.3 is 0 Å². The highest BCUT2D eigenvalue weighted by Crippen LogP contribution is 2.19. The molecule has 0 atom stereocenters. The van der Waals surface area contributed by atoms with Crippen molar-refractivity contribution in [3.8, 4) is 0 Å². The monoisotopic (exact) mass is 436 g/mol. The van der Waals surface area contributed by atoms with Gasteiger partial charge in [0.05, 0.1) is 15.5 Å². The summed E-state index contributed by atoms with van der Waals surface area (Å²) in [5.41, 5.74) is 7.52. The third-order valence-corrected chi connectivity index (χ3v) is 4.18. The SMILES string of the molecule is O=[N+]([O-])c1ccc(N=C(NNC(=S)Nc2ccc([N+](=O)[O-])cc2)c2ccccc2)cc1. The van der Waals surface area contributed by atoms with Crippen LogP contribution >= 0.6 is 12.2 Å². The molecule has 3 N–H and O–H groups in total. The van der Waals surface area contributed by atoms with Crippen LogP contribution in [-0.2, 0) is 0 Å². The minimum atomic E-state index is -0.483. The molecule has 0 aliphatic rings. The molecule has 0 radical (unpaired) electrons. The lowest BCUT2D eigenvalue weighted by Crippen LogP contribution is -2.44. The lowest BCUT2D eigenvalue weighted by Gasteiger charge is -2.14. The molecule has 11 heteroatoms. The van der Waals surface area contributed by atoms with Crippen molar-refractivity contribution in [2.45, 2.75) is 0 Å². The van der Waals surface area contributed by atoms with E-state index in [0.717, 1.165) is 5.56 Å². The molecule has 0 spiro atoms. The van der Waals surface area contributed by atoms with Crippen LogP contribution < -0.4 is 16.2 Å². The quantitative estimate of drug-likeness (QED) is 0.179. The number of hydrazine groups is 1. The first-order chi connectivity index (χ1) is 14.9. The third-order valence-electron chi connectivity index (χ3n) is 3.98. The molecule has 0 saturated carbocycles. The number of benzene rings is 3. The number of nitrogens with zero attached hydrogens (tertiary/aromatic N) is 3. The molecule has 0 aliphatic carbocycles. The molecule has 3 rings (SSSR count). The normalized spacial score (nSPS) is 10.8. The number of hydrogen-bond acceptors (Lipinski definition) is 6. The maximum atomic E-state index is 10.8. The summed E-state index contributed by atoms with van der Waals surface area (Å²) in [6, 6.07) is 20.8. The fourth-order valence-corrected chi connectivity index (χ4v) is 2.65. The van der Waals surface area contributed by atoms with E-state index in [1.54, 1.807) is 0 Å². The van der Waals surface area contributed by atoms with Crippen LogP contribution in [0.2, 0.25) is 0 Å². The van der Waals surface area contributed by atoms with Gasteiger partial charge in [-0.15, -0.1) is 0 Å². The number of nitro benzene ring substituents is 2. The smallest absolute Gasteiger partial charge is 0.269 e. The second kappa shape index (κ2) is 9.89. The number of thiocarbonyl (C=S) groups is 1. The maximum Gasteiger partial charge on any atom is 0.269 e. The van der Waals surface area contributed by atoms with Gasteiger partial charge < -0.3 is 5.32 Å². The highest BCUT2D eigenvalue weighted by atomic mass is 32.1. The Morgan fingerprint density at radius 3 is 1.87 bits per heavy atom. The Balaban J connectivity index is 1.72. The van der Waals surface area contributed by atoms with Crippen molar-refractivity contribution in [2.75, 3.05) is 5.32 Å². The molecule has 0 saturated heterocycles. The Bertz CT molecular complexity index is 1120. The Morgan fingerprint density at radius 2 is 1.32 bits per heavy atom. The van der Waals surface area contributed by atoms with Gasteiger partial charge in [0.15, 0.2) is 10.9 Å². The standard InChI is InChI=1S/C20H16N6O4S/c27-25(28)17-10-6-15(7-11-17)21-19(14-4-2-1-3-5-14)23-24-20(31)22-16-8-12-18(13-9-16)26(29)30/h1-13H,(H,21,23)(H2,22,24,31). The van der Waals surface area contributed by atoms with Crippen LogP contribution in [0.4, 0.5) is 22.7 Å². The lowest BCUT2D eigenvalue weighted by molar-refractivity contribution is -0.385. The van der Waals surface area contributed by atoms with Gasteiger partial charge in [0.1, 0.15) is 0 Å². The van der Waals surface area contributed by atoms with E-state index in [1.165, 1.54) is 48.5 Å². The van der Waals surface area contributed by atoms with Crippen molar-refractivity contribution in [3.05, 3.63) is 105 Å². The second-order valence-corrected chi connectivity index (χ2v) is 6.52. The van der Waals surface area contributed by atoms with Gasteiger partial charge in [-0.2, -0.15) is 0 Å². The van der Waals surface area contributed by atoms with E-state index < -0.39 is 9.85 Å². The van der Waals surface area contributed by atoms with Gasteiger partial charge in [0, 0.05) is 35.5 Å². The van der Waals surface area contributed by atoms with Gasteiger partial charge in [0.2, 0.25) is 0 Å². The van der Waals surface area contributed by atoms with E-state index in [1.807, 2.05) is 30.3 Å². The molecule has 0 fully saturated rings. The Hall–Kier alpha value is -4.38. The predicted molar refractivity (Wildman–Crippen MR) is 121 cm³/mol. The fraction of sp³-hybridized carbons (Fsp3) is 0. The zero-order valence-corrected chi connectivity index (χ0v) is 16.7. The number of amidine groups is 1. The van der Waals surface area contributed by atoms with Crippen LogP contribution in [-0.4, -0.2) is 20.8 Å². The Kier molecular flexibility index (Phi) is 6.81. The molecule has 0 amide bonds. The number of nitro groups is 2. The molecule has 0 aliphatic heterocycles. The van der Waals surface area contributed by atoms with Gasteiger partial charge in [0.25, 0.3) is 11.4 Å². The van der Waals surface area contributed by atoms with Crippen LogP contribution in [0, 0.1) is 20.2 Å². The third kappa shape index (κ3) is 6.05. The summed E-state index contributed by atoms with van der Waals surface area (Å²) >= 11 is 5.25. The first kappa shape index (κ1) is 21.3. The van der Waals surface area contributed by atoms with Crippen LogP contribution in [0.15, 0.2) is 83.9 Å². The topological polar surface area (TPSA) is 135 Å². The van der Waals surface area contributed by atoms with Gasteiger partial charge in [-0.05, 0) is 36.5 Å². The largest absolute Gasteiger partial charge is 0.331 e. The van der Waals surface area contributed by atoms with Crippen LogP contribution in [0.1, 0.15) is 5.56 Å². The highest BCUT2D eigenvalue weighted by Gasteiger charge is 2.08. The Morgan fingerprint density at radius 1 is 0.774 bits per heavy atom. The number of non-ortho nitro benzene ring substituents is 2. The summed E-state index contributed by atoms with van der Waals surface area (Å²) in [6.45, 7) is 0. The molecule has 3 aromatic carbocycles. The summed E-state index contributed by atoms with van der Waals surface area (Å²) in [7, 11) is 0. The van der Waals surface area contributed by atoms with Crippen LogP contribution in [0.5, 0.6) is 0 Å². The summed E-state index contributed by atoms with van der Waals surface area (Å²) in [4.78, 5) is 25.1. The molecule has 0 aromatic heterocycles. The van der Waals surface area contributed by atoms with Crippen LogP contribution in [0.3, 0.4) is 0 Å². The second-order valence-electron chi connectivity index (χ2n) is 6.11. The van der Waals surface area contributed by atoms with E-state index in [-0.39, 0.29) is 16.5 Å². The predicted octanol–water partition coefficient (Wildman–Crippen LogP) is 4.07.